The van der Waals surface area contributed by atoms with Crippen molar-refractivity contribution in [1.29, 1.82) is 0 Å². The SMILES string of the molecule is O=Cc1cc(Br)c(Br)nc1-c1ccccc1Cl. The van der Waals surface area contributed by atoms with Gasteiger partial charge >= 0.3 is 0 Å². The number of pyridine rings is 1. The fraction of sp³-hybridized carbons (Fsp3) is 0. The summed E-state index contributed by atoms with van der Waals surface area (Å²) >= 11 is 12.7. The summed E-state index contributed by atoms with van der Waals surface area (Å²) < 4.78 is 1.37. The Kier molecular flexibility index (Phi) is 3.97. The summed E-state index contributed by atoms with van der Waals surface area (Å²) in [5, 5.41) is 0.567. The number of hydrogen-bond donors (Lipinski definition) is 0. The highest BCUT2D eigenvalue weighted by molar-refractivity contribution is 9.13. The maximum atomic E-state index is 11.1. The highest BCUT2D eigenvalue weighted by Crippen LogP contribution is 2.32. The Morgan fingerprint density at radius 3 is 2.59 bits per heavy atom. The van der Waals surface area contributed by atoms with E-state index in [1.165, 1.54) is 0 Å². The fourth-order valence-corrected chi connectivity index (χ4v) is 2.29. The second-order valence-corrected chi connectivity index (χ2v) is 5.31. The number of aldehydes is 1. The summed E-state index contributed by atoms with van der Waals surface area (Å²) in [6.45, 7) is 0. The molecule has 0 aliphatic carbocycles. The summed E-state index contributed by atoms with van der Waals surface area (Å²) in [5.74, 6) is 0. The van der Waals surface area contributed by atoms with Crippen molar-refractivity contribution in [2.75, 3.05) is 0 Å². The van der Waals surface area contributed by atoms with Gasteiger partial charge in [-0.15, -0.1) is 0 Å². The molecule has 1 aromatic carbocycles. The molecule has 0 bridgehead atoms. The van der Waals surface area contributed by atoms with Crippen LogP contribution in [-0.2, 0) is 0 Å². The summed E-state index contributed by atoms with van der Waals surface area (Å²) in [5.41, 5.74) is 1.80. The van der Waals surface area contributed by atoms with E-state index in [0.717, 1.165) is 16.3 Å². The average molecular weight is 375 g/mol. The highest BCUT2D eigenvalue weighted by atomic mass is 79.9. The van der Waals surface area contributed by atoms with Crippen molar-refractivity contribution in [3.8, 4) is 11.3 Å². The van der Waals surface area contributed by atoms with Gasteiger partial charge in [-0.3, -0.25) is 4.79 Å². The van der Waals surface area contributed by atoms with Crippen molar-refractivity contribution < 1.29 is 4.79 Å². The van der Waals surface area contributed by atoms with Crippen LogP contribution in [0.4, 0.5) is 0 Å². The van der Waals surface area contributed by atoms with Crippen molar-refractivity contribution in [1.82, 2.24) is 4.98 Å². The number of hydrogen-bond acceptors (Lipinski definition) is 2. The first-order chi connectivity index (χ1) is 8.13. The number of rotatable bonds is 2. The van der Waals surface area contributed by atoms with Crippen LogP contribution in [0.25, 0.3) is 11.3 Å². The van der Waals surface area contributed by atoms with E-state index in [1.54, 1.807) is 12.1 Å². The zero-order valence-corrected chi connectivity index (χ0v) is 12.4. The van der Waals surface area contributed by atoms with E-state index in [-0.39, 0.29) is 0 Å². The maximum Gasteiger partial charge on any atom is 0.152 e. The summed E-state index contributed by atoms with van der Waals surface area (Å²) in [6.07, 6.45) is 0.767. The van der Waals surface area contributed by atoms with E-state index < -0.39 is 0 Å². The maximum absolute atomic E-state index is 11.1. The second-order valence-electron chi connectivity index (χ2n) is 3.30. The third kappa shape index (κ3) is 2.59. The van der Waals surface area contributed by atoms with Gasteiger partial charge in [-0.25, -0.2) is 4.98 Å². The molecule has 0 fully saturated rings. The smallest absolute Gasteiger partial charge is 0.152 e. The van der Waals surface area contributed by atoms with Crippen molar-refractivity contribution in [2.24, 2.45) is 0 Å². The molecule has 0 spiro atoms. The minimum atomic E-state index is 0.494. The molecule has 2 rings (SSSR count). The average Bonchev–Trinajstić information content (AvgIpc) is 2.33. The number of carbonyl (C=O) groups is 1. The van der Waals surface area contributed by atoms with E-state index in [9.17, 15) is 4.79 Å². The first-order valence-electron chi connectivity index (χ1n) is 4.69. The highest BCUT2D eigenvalue weighted by Gasteiger charge is 2.12. The van der Waals surface area contributed by atoms with Crippen molar-refractivity contribution in [3.05, 3.63) is 50.0 Å². The molecule has 86 valence electrons. The van der Waals surface area contributed by atoms with Crippen LogP contribution in [0.2, 0.25) is 5.02 Å². The number of benzene rings is 1. The number of halogens is 3. The summed E-state index contributed by atoms with van der Waals surface area (Å²) in [4.78, 5) is 15.4. The van der Waals surface area contributed by atoms with Crippen LogP contribution in [0.3, 0.4) is 0 Å². The van der Waals surface area contributed by atoms with Gasteiger partial charge in [0.15, 0.2) is 6.29 Å². The van der Waals surface area contributed by atoms with E-state index in [1.807, 2.05) is 18.2 Å². The third-order valence-corrected chi connectivity index (χ3v) is 4.29. The molecular weight excluding hydrogens is 369 g/mol. The lowest BCUT2D eigenvalue weighted by molar-refractivity contribution is 0.112. The number of nitrogens with zero attached hydrogens (tertiary/aromatic N) is 1. The lowest BCUT2D eigenvalue weighted by Gasteiger charge is -2.08. The van der Waals surface area contributed by atoms with Crippen LogP contribution in [0, 0.1) is 0 Å². The minimum absolute atomic E-state index is 0.494. The normalized spacial score (nSPS) is 10.3. The predicted molar refractivity (Wildman–Crippen MR) is 75.5 cm³/mol. The van der Waals surface area contributed by atoms with Crippen LogP contribution < -0.4 is 0 Å². The molecule has 0 N–H and O–H groups in total. The van der Waals surface area contributed by atoms with Crippen LogP contribution in [0.5, 0.6) is 0 Å². The van der Waals surface area contributed by atoms with Gasteiger partial charge in [-0.2, -0.15) is 0 Å². The molecule has 17 heavy (non-hydrogen) atoms. The van der Waals surface area contributed by atoms with Crippen LogP contribution in [0.1, 0.15) is 10.4 Å². The van der Waals surface area contributed by atoms with E-state index in [0.29, 0.717) is 20.9 Å². The standard InChI is InChI=1S/C12H6Br2ClNO/c13-9-5-7(6-17)11(16-12(9)14)8-3-1-2-4-10(8)15/h1-6H. The Morgan fingerprint density at radius 2 is 1.94 bits per heavy atom. The Morgan fingerprint density at radius 1 is 1.24 bits per heavy atom. The Labute approximate surface area is 120 Å². The topological polar surface area (TPSA) is 30.0 Å². The molecule has 0 atom stereocenters. The van der Waals surface area contributed by atoms with Crippen molar-refractivity contribution in [3.63, 3.8) is 0 Å². The molecule has 2 aromatic rings. The minimum Gasteiger partial charge on any atom is -0.298 e. The summed E-state index contributed by atoms with van der Waals surface area (Å²) in [6, 6.07) is 9.00. The lowest BCUT2D eigenvalue weighted by Crippen LogP contribution is -1.94. The Bertz CT molecular complexity index is 587. The lowest BCUT2D eigenvalue weighted by atomic mass is 10.1. The molecular formula is C12H6Br2ClNO. The number of carbonyl (C=O) groups excluding carboxylic acids is 1. The first-order valence-corrected chi connectivity index (χ1v) is 6.66. The predicted octanol–water partition coefficient (Wildman–Crippen LogP) is 4.74. The molecule has 0 radical (unpaired) electrons. The van der Waals surface area contributed by atoms with Gasteiger partial charge in [0.2, 0.25) is 0 Å². The Hall–Kier alpha value is -0.710. The molecule has 0 saturated heterocycles. The second kappa shape index (κ2) is 5.29. The molecule has 1 heterocycles. The van der Waals surface area contributed by atoms with Crippen molar-refractivity contribution in [2.45, 2.75) is 0 Å². The van der Waals surface area contributed by atoms with Gasteiger partial charge in [-0.1, -0.05) is 29.8 Å². The van der Waals surface area contributed by atoms with Crippen molar-refractivity contribution >= 4 is 49.7 Å². The van der Waals surface area contributed by atoms with Crippen LogP contribution in [-0.4, -0.2) is 11.3 Å². The Balaban J connectivity index is 2.71. The summed E-state index contributed by atoms with van der Waals surface area (Å²) in [7, 11) is 0. The van der Waals surface area contributed by atoms with Crippen LogP contribution >= 0.6 is 43.5 Å². The molecule has 0 unspecified atom stereocenters. The molecule has 5 heteroatoms. The van der Waals surface area contributed by atoms with Gasteiger partial charge in [-0.05, 0) is 44.0 Å². The molecule has 0 saturated carbocycles. The van der Waals surface area contributed by atoms with Gasteiger partial charge in [0.05, 0.1) is 10.2 Å². The molecule has 2 nitrogen and oxygen atoms in total. The quantitative estimate of drug-likeness (QED) is 0.561. The zero-order chi connectivity index (χ0) is 12.4. The van der Waals surface area contributed by atoms with Gasteiger partial charge in [0.1, 0.15) is 4.60 Å². The molecule has 0 amide bonds. The van der Waals surface area contributed by atoms with E-state index >= 15 is 0 Å². The monoisotopic (exact) mass is 373 g/mol. The zero-order valence-electron chi connectivity index (χ0n) is 8.45. The number of aromatic nitrogens is 1. The molecule has 0 aliphatic rings. The van der Waals surface area contributed by atoms with E-state index in [2.05, 4.69) is 36.8 Å². The third-order valence-electron chi connectivity index (χ3n) is 2.22. The first kappa shape index (κ1) is 12.7. The molecule has 1 aromatic heterocycles. The largest absolute Gasteiger partial charge is 0.298 e. The molecule has 0 aliphatic heterocycles. The fourth-order valence-electron chi connectivity index (χ4n) is 1.44. The van der Waals surface area contributed by atoms with Gasteiger partial charge in [0.25, 0.3) is 0 Å². The van der Waals surface area contributed by atoms with Crippen LogP contribution in [0.15, 0.2) is 39.4 Å². The van der Waals surface area contributed by atoms with E-state index in [4.69, 9.17) is 11.6 Å². The van der Waals surface area contributed by atoms with Gasteiger partial charge < -0.3 is 0 Å². The van der Waals surface area contributed by atoms with Gasteiger partial charge in [0, 0.05) is 16.1 Å².